The van der Waals surface area contributed by atoms with E-state index in [0.29, 0.717) is 18.3 Å². The normalized spacial score (nSPS) is 25.0. The van der Waals surface area contributed by atoms with Gasteiger partial charge in [-0.1, -0.05) is 30.3 Å². The first-order valence-electron chi connectivity index (χ1n) is 8.18. The van der Waals surface area contributed by atoms with E-state index in [0.717, 1.165) is 32.4 Å². The number of likely N-dealkylation sites (tertiary alicyclic amines) is 1. The molecule has 118 valence electrons. The van der Waals surface area contributed by atoms with Gasteiger partial charge in [-0.3, -0.25) is 9.59 Å². The Hall–Kier alpha value is -1.84. The van der Waals surface area contributed by atoms with Gasteiger partial charge in [0.05, 0.1) is 0 Å². The van der Waals surface area contributed by atoms with Crippen molar-refractivity contribution in [3.8, 4) is 0 Å². The molecule has 0 unspecified atom stereocenters. The number of rotatable bonds is 5. The van der Waals surface area contributed by atoms with Gasteiger partial charge in [0, 0.05) is 25.9 Å². The molecule has 1 aliphatic heterocycles. The van der Waals surface area contributed by atoms with Gasteiger partial charge in [-0.05, 0) is 42.6 Å². The SMILES string of the molecule is O=C(O)CC1CCN(C(=O)C[C@@H]2C[C@H]2c2ccccc2)CC1. The maximum atomic E-state index is 12.4. The van der Waals surface area contributed by atoms with E-state index in [2.05, 4.69) is 24.3 Å². The third-order valence-corrected chi connectivity index (χ3v) is 5.02. The lowest BCUT2D eigenvalue weighted by Crippen LogP contribution is -2.39. The first-order valence-corrected chi connectivity index (χ1v) is 8.18. The molecule has 0 spiro atoms. The van der Waals surface area contributed by atoms with Crippen LogP contribution in [-0.2, 0) is 9.59 Å². The van der Waals surface area contributed by atoms with E-state index in [1.165, 1.54) is 5.56 Å². The second-order valence-corrected chi connectivity index (χ2v) is 6.64. The maximum Gasteiger partial charge on any atom is 0.303 e. The Morgan fingerprint density at radius 2 is 1.77 bits per heavy atom. The standard InChI is InChI=1S/C18H23NO3/c20-17(19-8-6-13(7-9-19)10-18(21)22)12-15-11-16(15)14-4-2-1-3-5-14/h1-5,13,15-16H,6-12H2,(H,21,22)/t15-,16-/m0/s1. The van der Waals surface area contributed by atoms with Crippen LogP contribution in [0.25, 0.3) is 0 Å². The summed E-state index contributed by atoms with van der Waals surface area (Å²) in [4.78, 5) is 25.0. The number of hydrogen-bond acceptors (Lipinski definition) is 2. The summed E-state index contributed by atoms with van der Waals surface area (Å²) >= 11 is 0. The van der Waals surface area contributed by atoms with E-state index >= 15 is 0 Å². The number of nitrogens with zero attached hydrogens (tertiary/aromatic N) is 1. The van der Waals surface area contributed by atoms with Gasteiger partial charge < -0.3 is 10.0 Å². The highest BCUT2D eigenvalue weighted by Crippen LogP contribution is 2.49. The molecule has 0 radical (unpaired) electrons. The van der Waals surface area contributed by atoms with Crippen LogP contribution in [0.4, 0.5) is 0 Å². The van der Waals surface area contributed by atoms with E-state index in [4.69, 9.17) is 5.11 Å². The van der Waals surface area contributed by atoms with Gasteiger partial charge in [0.2, 0.25) is 5.91 Å². The van der Waals surface area contributed by atoms with Crippen LogP contribution in [0, 0.1) is 11.8 Å². The fourth-order valence-electron chi connectivity index (χ4n) is 3.57. The number of hydrogen-bond donors (Lipinski definition) is 1. The second-order valence-electron chi connectivity index (χ2n) is 6.64. The third kappa shape index (κ3) is 3.67. The van der Waals surface area contributed by atoms with E-state index < -0.39 is 5.97 Å². The topological polar surface area (TPSA) is 57.6 Å². The molecule has 1 aliphatic carbocycles. The Morgan fingerprint density at radius 1 is 1.09 bits per heavy atom. The van der Waals surface area contributed by atoms with E-state index in [-0.39, 0.29) is 18.2 Å². The summed E-state index contributed by atoms with van der Waals surface area (Å²) in [5.41, 5.74) is 1.35. The lowest BCUT2D eigenvalue weighted by Gasteiger charge is -2.31. The lowest BCUT2D eigenvalue weighted by atomic mass is 9.93. The minimum Gasteiger partial charge on any atom is -0.481 e. The summed E-state index contributed by atoms with van der Waals surface area (Å²) in [5, 5.41) is 8.82. The molecule has 2 atom stereocenters. The molecular weight excluding hydrogens is 278 g/mol. The minimum atomic E-state index is -0.728. The first-order chi connectivity index (χ1) is 10.6. The molecule has 1 aromatic carbocycles. The number of carbonyl (C=O) groups excluding carboxylic acids is 1. The van der Waals surface area contributed by atoms with Crippen LogP contribution in [0.1, 0.15) is 43.6 Å². The number of piperidine rings is 1. The van der Waals surface area contributed by atoms with Gasteiger partial charge in [-0.25, -0.2) is 0 Å². The summed E-state index contributed by atoms with van der Waals surface area (Å²) < 4.78 is 0. The van der Waals surface area contributed by atoms with Crippen molar-refractivity contribution in [3.05, 3.63) is 35.9 Å². The van der Waals surface area contributed by atoms with Crippen molar-refractivity contribution in [1.82, 2.24) is 4.90 Å². The van der Waals surface area contributed by atoms with Crippen molar-refractivity contribution in [2.75, 3.05) is 13.1 Å². The van der Waals surface area contributed by atoms with Gasteiger partial charge in [0.1, 0.15) is 0 Å². The predicted molar refractivity (Wildman–Crippen MR) is 83.5 cm³/mol. The van der Waals surface area contributed by atoms with E-state index in [9.17, 15) is 9.59 Å². The van der Waals surface area contributed by atoms with Crippen molar-refractivity contribution >= 4 is 11.9 Å². The molecule has 3 rings (SSSR count). The molecule has 0 aromatic heterocycles. The second kappa shape index (κ2) is 6.51. The van der Waals surface area contributed by atoms with Crippen molar-refractivity contribution < 1.29 is 14.7 Å². The average molecular weight is 301 g/mol. The number of benzene rings is 1. The van der Waals surface area contributed by atoms with Crippen LogP contribution in [0.2, 0.25) is 0 Å². The molecule has 22 heavy (non-hydrogen) atoms. The van der Waals surface area contributed by atoms with Crippen LogP contribution < -0.4 is 0 Å². The zero-order valence-corrected chi connectivity index (χ0v) is 12.8. The smallest absolute Gasteiger partial charge is 0.303 e. The summed E-state index contributed by atoms with van der Waals surface area (Å²) in [7, 11) is 0. The van der Waals surface area contributed by atoms with Crippen LogP contribution in [0.3, 0.4) is 0 Å². The quantitative estimate of drug-likeness (QED) is 0.909. The molecular formula is C18H23NO3. The van der Waals surface area contributed by atoms with Crippen LogP contribution in [-0.4, -0.2) is 35.0 Å². The molecule has 4 nitrogen and oxygen atoms in total. The molecule has 4 heteroatoms. The van der Waals surface area contributed by atoms with Crippen molar-refractivity contribution in [3.63, 3.8) is 0 Å². The number of carbonyl (C=O) groups is 2. The van der Waals surface area contributed by atoms with Crippen molar-refractivity contribution in [2.45, 2.75) is 38.0 Å². The van der Waals surface area contributed by atoms with Gasteiger partial charge in [0.15, 0.2) is 0 Å². The van der Waals surface area contributed by atoms with Crippen LogP contribution in [0.15, 0.2) is 30.3 Å². The molecule has 1 aromatic rings. The Bertz CT molecular complexity index is 535. The summed E-state index contributed by atoms with van der Waals surface area (Å²) in [6.45, 7) is 1.44. The van der Waals surface area contributed by atoms with Crippen LogP contribution in [0.5, 0.6) is 0 Å². The molecule has 1 N–H and O–H groups in total. The lowest BCUT2D eigenvalue weighted by molar-refractivity contribution is -0.138. The number of amides is 1. The van der Waals surface area contributed by atoms with Crippen molar-refractivity contribution in [1.29, 1.82) is 0 Å². The zero-order chi connectivity index (χ0) is 15.5. The molecule has 1 heterocycles. The monoisotopic (exact) mass is 301 g/mol. The number of aliphatic carboxylic acids is 1. The molecule has 2 fully saturated rings. The Balaban J connectivity index is 1.43. The maximum absolute atomic E-state index is 12.4. The third-order valence-electron chi connectivity index (χ3n) is 5.02. The first kappa shape index (κ1) is 15.1. The van der Waals surface area contributed by atoms with Gasteiger partial charge in [0.25, 0.3) is 0 Å². The summed E-state index contributed by atoms with van der Waals surface area (Å²) in [6.07, 6.45) is 3.64. The number of carboxylic acids is 1. The van der Waals surface area contributed by atoms with Gasteiger partial charge >= 0.3 is 5.97 Å². The highest BCUT2D eigenvalue weighted by Gasteiger charge is 2.40. The Morgan fingerprint density at radius 3 is 2.41 bits per heavy atom. The molecule has 2 aliphatic rings. The van der Waals surface area contributed by atoms with E-state index in [1.807, 2.05) is 11.0 Å². The van der Waals surface area contributed by atoms with Gasteiger partial charge in [-0.15, -0.1) is 0 Å². The Labute approximate surface area is 131 Å². The fourth-order valence-corrected chi connectivity index (χ4v) is 3.57. The van der Waals surface area contributed by atoms with Crippen molar-refractivity contribution in [2.24, 2.45) is 11.8 Å². The highest BCUT2D eigenvalue weighted by atomic mass is 16.4. The summed E-state index contributed by atoms with van der Waals surface area (Å²) in [5.74, 6) is 0.798. The summed E-state index contributed by atoms with van der Waals surface area (Å²) in [6, 6.07) is 10.4. The molecule has 1 saturated carbocycles. The molecule has 1 amide bonds. The Kier molecular flexibility index (Phi) is 4.46. The van der Waals surface area contributed by atoms with Crippen LogP contribution >= 0.6 is 0 Å². The zero-order valence-electron chi connectivity index (χ0n) is 12.8. The minimum absolute atomic E-state index is 0.236. The predicted octanol–water partition coefficient (Wildman–Crippen LogP) is 2.89. The van der Waals surface area contributed by atoms with Gasteiger partial charge in [-0.2, -0.15) is 0 Å². The largest absolute Gasteiger partial charge is 0.481 e. The fraction of sp³-hybridized carbons (Fsp3) is 0.556. The average Bonchev–Trinajstić information content (AvgIpc) is 3.27. The molecule has 0 bridgehead atoms. The van der Waals surface area contributed by atoms with E-state index in [1.54, 1.807) is 0 Å². The number of carboxylic acid groups (broad SMARTS) is 1. The highest BCUT2D eigenvalue weighted by molar-refractivity contribution is 5.77. The molecule has 1 saturated heterocycles.